The summed E-state index contributed by atoms with van der Waals surface area (Å²) in [5.74, 6) is -0.257. The van der Waals surface area contributed by atoms with Crippen LogP contribution in [0.1, 0.15) is 29.5 Å². The van der Waals surface area contributed by atoms with E-state index < -0.39 is 32.6 Å². The Morgan fingerprint density at radius 1 is 1.03 bits per heavy atom. The van der Waals surface area contributed by atoms with E-state index in [1.165, 1.54) is 12.1 Å². The van der Waals surface area contributed by atoms with E-state index in [0.29, 0.717) is 28.5 Å². The summed E-state index contributed by atoms with van der Waals surface area (Å²) in [6, 6.07) is 9.01. The Kier molecular flexibility index (Phi) is 10.2. The third-order valence-electron chi connectivity index (χ3n) is 4.85. The lowest BCUT2D eigenvalue weighted by Gasteiger charge is -2.24. The second kappa shape index (κ2) is 12.2. The maximum atomic E-state index is 13.6. The Hall–Kier alpha value is -1.41. The van der Waals surface area contributed by atoms with E-state index in [1.54, 1.807) is 18.2 Å². The van der Waals surface area contributed by atoms with Gasteiger partial charge in [0.15, 0.2) is 0 Å². The molecule has 0 bridgehead atoms. The van der Waals surface area contributed by atoms with Crippen LogP contribution in [0.5, 0.6) is 5.75 Å². The molecule has 2 unspecified atom stereocenters. The van der Waals surface area contributed by atoms with Crippen LogP contribution in [0, 0.1) is 0 Å². The third-order valence-corrected chi connectivity index (χ3v) is 5.85. The first kappa shape index (κ1) is 26.8. The van der Waals surface area contributed by atoms with Crippen LogP contribution in [0.4, 0.5) is 13.2 Å². The smallest absolute Gasteiger partial charge is 0.493 e. The summed E-state index contributed by atoms with van der Waals surface area (Å²) in [5.41, 5.74) is 5.17. The molecule has 0 saturated carbocycles. The van der Waals surface area contributed by atoms with Crippen molar-refractivity contribution >= 4 is 31.9 Å². The summed E-state index contributed by atoms with van der Waals surface area (Å²) in [4.78, 5) is 0. The monoisotopic (exact) mass is 512 g/mol. The molecule has 2 aromatic carbocycles. The van der Waals surface area contributed by atoms with Crippen LogP contribution in [0.3, 0.4) is 0 Å². The van der Waals surface area contributed by atoms with Crippen LogP contribution in [-0.4, -0.2) is 30.5 Å². The molecule has 0 fully saturated rings. The Bertz CT molecular complexity index is 917. The summed E-state index contributed by atoms with van der Waals surface area (Å²) in [7, 11) is -1.04. The SMILES string of the molecule is NC(CO)(CCc1ccc(OCCCc2ccc(Cl)c(Cl)c2)c(C(F)(F)F)c1)CO[PH+]=O. The number of halogens is 5. The van der Waals surface area contributed by atoms with E-state index in [1.807, 2.05) is 0 Å². The molecule has 0 aliphatic heterocycles. The Morgan fingerprint density at radius 3 is 2.34 bits per heavy atom. The summed E-state index contributed by atoms with van der Waals surface area (Å²) in [5, 5.41) is 10.3. The van der Waals surface area contributed by atoms with Gasteiger partial charge < -0.3 is 15.6 Å². The van der Waals surface area contributed by atoms with Crippen LogP contribution in [-0.2, 0) is 28.1 Å². The highest BCUT2D eigenvalue weighted by atomic mass is 35.5. The van der Waals surface area contributed by atoms with Gasteiger partial charge in [0, 0.05) is 0 Å². The number of aliphatic hydroxyl groups excluding tert-OH is 1. The molecular weight excluding hydrogens is 489 g/mol. The number of alkyl halides is 3. The number of hydrogen-bond acceptors (Lipinski definition) is 5. The zero-order chi connectivity index (χ0) is 23.8. The molecule has 0 radical (unpaired) electrons. The minimum Gasteiger partial charge on any atom is -0.493 e. The van der Waals surface area contributed by atoms with E-state index in [-0.39, 0.29) is 31.8 Å². The molecule has 32 heavy (non-hydrogen) atoms. The van der Waals surface area contributed by atoms with Crippen LogP contribution in [0.25, 0.3) is 0 Å². The molecule has 2 rings (SSSR count). The zero-order valence-electron chi connectivity index (χ0n) is 17.1. The van der Waals surface area contributed by atoms with Gasteiger partial charge in [-0.3, -0.25) is 0 Å². The quantitative estimate of drug-likeness (QED) is 0.285. The maximum absolute atomic E-state index is 13.6. The van der Waals surface area contributed by atoms with Crippen molar-refractivity contribution in [3.05, 3.63) is 63.1 Å². The topological polar surface area (TPSA) is 81.8 Å². The number of nitrogens with two attached hydrogens (primary N) is 1. The fourth-order valence-corrected chi connectivity index (χ4v) is 3.66. The normalized spacial score (nSPS) is 13.8. The number of aryl methyl sites for hydroxylation is 2. The largest absolute Gasteiger partial charge is 0.494 e. The van der Waals surface area contributed by atoms with Gasteiger partial charge in [-0.2, -0.15) is 13.2 Å². The Morgan fingerprint density at radius 2 is 1.72 bits per heavy atom. The van der Waals surface area contributed by atoms with Crippen LogP contribution < -0.4 is 10.5 Å². The lowest BCUT2D eigenvalue weighted by atomic mass is 9.93. The summed E-state index contributed by atoms with van der Waals surface area (Å²) in [6.45, 7) is -0.534. The van der Waals surface area contributed by atoms with E-state index in [0.717, 1.165) is 11.6 Å². The second-order valence-corrected chi connectivity index (χ2v) is 8.69. The molecule has 0 aromatic heterocycles. The molecular formula is C21H24Cl2F3NO4P+. The Labute approximate surface area is 195 Å². The number of rotatable bonds is 12. The standard InChI is InChI=1S/C21H24Cl2F3NO4P/c22-17-5-3-14(11-18(17)23)2-1-9-30-19-6-4-15(10-16(19)21(24,25)26)7-8-20(27,12-28)13-31-32-29/h3-6,10-11,28,32H,1-2,7-9,12-13,27H2/q+1. The first-order valence-electron chi connectivity index (χ1n) is 9.73. The first-order chi connectivity index (χ1) is 15.1. The number of hydrogen-bond donors (Lipinski definition) is 2. The van der Waals surface area contributed by atoms with Gasteiger partial charge >= 0.3 is 14.9 Å². The van der Waals surface area contributed by atoms with E-state index in [4.69, 9.17) is 38.2 Å². The fraction of sp³-hybridized carbons (Fsp3) is 0.429. The van der Waals surface area contributed by atoms with Gasteiger partial charge in [-0.05, 0) is 65.6 Å². The lowest BCUT2D eigenvalue weighted by molar-refractivity contribution is -0.139. The second-order valence-electron chi connectivity index (χ2n) is 7.42. The molecule has 0 aliphatic carbocycles. The molecule has 0 amide bonds. The van der Waals surface area contributed by atoms with Gasteiger partial charge in [0.2, 0.25) is 0 Å². The van der Waals surface area contributed by atoms with E-state index in [2.05, 4.69) is 0 Å². The molecule has 0 aliphatic rings. The van der Waals surface area contributed by atoms with Crippen molar-refractivity contribution in [2.75, 3.05) is 19.8 Å². The van der Waals surface area contributed by atoms with Gasteiger partial charge in [0.05, 0.1) is 34.4 Å². The van der Waals surface area contributed by atoms with Crippen molar-refractivity contribution in [1.82, 2.24) is 0 Å². The van der Waals surface area contributed by atoms with Crippen LogP contribution in [0.2, 0.25) is 10.0 Å². The summed E-state index contributed by atoms with van der Waals surface area (Å²) < 4.78 is 61.4. The molecule has 2 atom stereocenters. The molecule has 0 spiro atoms. The third kappa shape index (κ3) is 8.18. The highest BCUT2D eigenvalue weighted by molar-refractivity contribution is 7.17. The van der Waals surface area contributed by atoms with Crippen molar-refractivity contribution in [1.29, 1.82) is 0 Å². The minimum atomic E-state index is -4.60. The van der Waals surface area contributed by atoms with E-state index >= 15 is 0 Å². The molecule has 0 saturated heterocycles. The average molecular weight is 513 g/mol. The van der Waals surface area contributed by atoms with E-state index in [9.17, 15) is 22.8 Å². The zero-order valence-corrected chi connectivity index (χ0v) is 19.6. The summed E-state index contributed by atoms with van der Waals surface area (Å²) in [6.07, 6.45) is -3.22. The molecule has 176 valence electrons. The van der Waals surface area contributed by atoms with Crippen molar-refractivity contribution < 1.29 is 32.1 Å². The van der Waals surface area contributed by atoms with Crippen molar-refractivity contribution in [2.24, 2.45) is 5.73 Å². The number of aliphatic hydroxyl groups is 1. The predicted octanol–water partition coefficient (Wildman–Crippen LogP) is 5.60. The van der Waals surface area contributed by atoms with Crippen LogP contribution in [0.15, 0.2) is 36.4 Å². The fourth-order valence-electron chi connectivity index (χ4n) is 3.00. The van der Waals surface area contributed by atoms with Crippen LogP contribution >= 0.6 is 31.9 Å². The lowest BCUT2D eigenvalue weighted by Crippen LogP contribution is -2.47. The van der Waals surface area contributed by atoms with Gasteiger partial charge in [-0.15, -0.1) is 4.52 Å². The highest BCUT2D eigenvalue weighted by Gasteiger charge is 2.35. The van der Waals surface area contributed by atoms with Gasteiger partial charge in [0.1, 0.15) is 12.4 Å². The molecule has 0 heterocycles. The van der Waals surface area contributed by atoms with Gasteiger partial charge in [-0.1, -0.05) is 35.3 Å². The average Bonchev–Trinajstić information content (AvgIpc) is 2.76. The maximum Gasteiger partial charge on any atom is 0.494 e. The highest BCUT2D eigenvalue weighted by Crippen LogP contribution is 2.37. The number of benzene rings is 2. The van der Waals surface area contributed by atoms with Gasteiger partial charge in [-0.25, -0.2) is 0 Å². The van der Waals surface area contributed by atoms with Crippen molar-refractivity contribution in [3.63, 3.8) is 0 Å². The number of ether oxygens (including phenoxy) is 1. The molecule has 11 heteroatoms. The first-order valence-corrected chi connectivity index (χ1v) is 11.3. The van der Waals surface area contributed by atoms with Crippen molar-refractivity contribution in [3.8, 4) is 5.75 Å². The predicted molar refractivity (Wildman–Crippen MR) is 119 cm³/mol. The molecule has 3 N–H and O–H groups in total. The van der Waals surface area contributed by atoms with Crippen molar-refractivity contribution in [2.45, 2.75) is 37.4 Å². The Balaban J connectivity index is 2.01. The molecule has 5 nitrogen and oxygen atoms in total. The minimum absolute atomic E-state index is 0.0897. The molecule has 2 aromatic rings. The summed E-state index contributed by atoms with van der Waals surface area (Å²) >= 11 is 11.8. The van der Waals surface area contributed by atoms with Gasteiger partial charge in [0.25, 0.3) is 0 Å².